The molecular weight excluding hydrogens is 138 g/mol. The van der Waals surface area contributed by atoms with Crippen molar-refractivity contribution in [3.05, 3.63) is 11.6 Å². The quantitative estimate of drug-likeness (QED) is 0.533. The van der Waals surface area contributed by atoms with Gasteiger partial charge in [0.25, 0.3) is 0 Å². The first-order valence-electron chi connectivity index (χ1n) is 3.78. The van der Waals surface area contributed by atoms with Crippen molar-refractivity contribution in [3.8, 4) is 6.07 Å². The van der Waals surface area contributed by atoms with E-state index in [-0.39, 0.29) is 5.41 Å². The Balaban J connectivity index is 2.88. The second-order valence-corrected chi connectivity index (χ2v) is 3.26. The average Bonchev–Trinajstić information content (AvgIpc) is 2.05. The topological polar surface area (TPSA) is 40.9 Å². The minimum Gasteiger partial charge on any atom is -0.302 e. The summed E-state index contributed by atoms with van der Waals surface area (Å²) in [7, 11) is 0. The Morgan fingerprint density at radius 2 is 2.55 bits per heavy atom. The predicted octanol–water partition coefficient (Wildman–Crippen LogP) is 1.83. The fraction of sp³-hybridized carbons (Fsp3) is 0.556. The van der Waals surface area contributed by atoms with Crippen LogP contribution >= 0.6 is 0 Å². The number of rotatable bonds is 1. The number of allylic oxidation sites excluding steroid dienone is 2. The summed E-state index contributed by atoms with van der Waals surface area (Å²) in [6.45, 7) is 1.87. The zero-order valence-electron chi connectivity index (χ0n) is 6.63. The number of carbonyl (C=O) groups is 1. The molecule has 11 heavy (non-hydrogen) atoms. The Kier molecular flexibility index (Phi) is 2.09. The minimum absolute atomic E-state index is 0.372. The number of hydrogen-bond donors (Lipinski definition) is 0. The van der Waals surface area contributed by atoms with Gasteiger partial charge in [-0.1, -0.05) is 6.08 Å². The predicted molar refractivity (Wildman–Crippen MR) is 41.7 cm³/mol. The van der Waals surface area contributed by atoms with Crippen LogP contribution in [0, 0.1) is 16.7 Å². The summed E-state index contributed by atoms with van der Waals surface area (Å²) in [5, 5.41) is 8.58. The summed E-state index contributed by atoms with van der Waals surface area (Å²) in [6.07, 6.45) is 5.39. The molecule has 1 unspecified atom stereocenters. The van der Waals surface area contributed by atoms with Gasteiger partial charge in [-0.2, -0.15) is 5.26 Å². The molecule has 1 rings (SSSR count). The van der Waals surface area contributed by atoms with E-state index in [9.17, 15) is 4.79 Å². The molecular formula is C9H11NO. The van der Waals surface area contributed by atoms with Gasteiger partial charge in [0.15, 0.2) is 0 Å². The van der Waals surface area contributed by atoms with Crippen LogP contribution in [0.5, 0.6) is 0 Å². The van der Waals surface area contributed by atoms with E-state index in [2.05, 4.69) is 6.07 Å². The Morgan fingerprint density at radius 1 is 1.82 bits per heavy atom. The molecule has 0 saturated heterocycles. The summed E-state index contributed by atoms with van der Waals surface area (Å²) in [5.74, 6) is 0. The zero-order chi connectivity index (χ0) is 8.32. The molecule has 58 valence electrons. The van der Waals surface area contributed by atoms with Gasteiger partial charge in [-0.05, 0) is 26.2 Å². The van der Waals surface area contributed by atoms with E-state index < -0.39 is 0 Å². The molecule has 0 aromatic rings. The molecule has 0 radical (unpaired) electrons. The molecule has 2 heteroatoms. The Hall–Kier alpha value is -1.10. The van der Waals surface area contributed by atoms with Crippen LogP contribution < -0.4 is 0 Å². The van der Waals surface area contributed by atoms with E-state index in [1.54, 1.807) is 6.08 Å². The minimum atomic E-state index is -0.372. The molecule has 0 saturated carbocycles. The van der Waals surface area contributed by atoms with E-state index in [1.807, 2.05) is 6.92 Å². The smallest absolute Gasteiger partial charge is 0.129 e. The number of aldehydes is 1. The van der Waals surface area contributed by atoms with Crippen LogP contribution in [0.3, 0.4) is 0 Å². The summed E-state index contributed by atoms with van der Waals surface area (Å²) < 4.78 is 0. The molecule has 0 heterocycles. The molecule has 0 aromatic carbocycles. The monoisotopic (exact) mass is 149 g/mol. The Morgan fingerprint density at radius 3 is 3.09 bits per heavy atom. The highest BCUT2D eigenvalue weighted by molar-refractivity contribution is 5.63. The Labute approximate surface area is 66.5 Å². The summed E-state index contributed by atoms with van der Waals surface area (Å²) in [6, 6.07) is 2.10. The molecule has 1 atom stereocenters. The normalized spacial score (nSPS) is 30.4. The van der Waals surface area contributed by atoms with Crippen molar-refractivity contribution in [2.75, 3.05) is 0 Å². The van der Waals surface area contributed by atoms with Crippen molar-refractivity contribution in [2.24, 2.45) is 5.41 Å². The SMILES string of the molecule is CC1(C=O)C=C(C#N)CCC1. The molecule has 0 spiro atoms. The number of nitriles is 1. The van der Waals surface area contributed by atoms with Gasteiger partial charge < -0.3 is 4.79 Å². The van der Waals surface area contributed by atoms with Gasteiger partial charge in [-0.25, -0.2) is 0 Å². The van der Waals surface area contributed by atoms with E-state index in [0.29, 0.717) is 0 Å². The molecule has 2 nitrogen and oxygen atoms in total. The van der Waals surface area contributed by atoms with Crippen LogP contribution in [0.2, 0.25) is 0 Å². The molecule has 1 aliphatic carbocycles. The highest BCUT2D eigenvalue weighted by Gasteiger charge is 2.24. The van der Waals surface area contributed by atoms with Crippen molar-refractivity contribution < 1.29 is 4.79 Å². The maximum atomic E-state index is 10.6. The standard InChI is InChI=1S/C9H11NO/c1-9(7-11)4-2-3-8(5-9)6-10/h5,7H,2-4H2,1H3. The second-order valence-electron chi connectivity index (χ2n) is 3.26. The van der Waals surface area contributed by atoms with E-state index >= 15 is 0 Å². The van der Waals surface area contributed by atoms with Gasteiger partial charge in [0.2, 0.25) is 0 Å². The van der Waals surface area contributed by atoms with Crippen LogP contribution in [-0.4, -0.2) is 6.29 Å². The number of nitrogens with zero attached hydrogens (tertiary/aromatic N) is 1. The van der Waals surface area contributed by atoms with Gasteiger partial charge in [-0.3, -0.25) is 0 Å². The van der Waals surface area contributed by atoms with E-state index in [4.69, 9.17) is 5.26 Å². The molecule has 0 fully saturated rings. The summed E-state index contributed by atoms with van der Waals surface area (Å²) in [4.78, 5) is 10.6. The van der Waals surface area contributed by atoms with Crippen LogP contribution in [0.15, 0.2) is 11.6 Å². The number of hydrogen-bond acceptors (Lipinski definition) is 2. The van der Waals surface area contributed by atoms with Crippen molar-refractivity contribution >= 4 is 6.29 Å². The molecule has 1 aliphatic rings. The third kappa shape index (κ3) is 1.68. The fourth-order valence-corrected chi connectivity index (χ4v) is 1.38. The van der Waals surface area contributed by atoms with Crippen molar-refractivity contribution in [3.63, 3.8) is 0 Å². The molecule has 0 amide bonds. The first-order valence-corrected chi connectivity index (χ1v) is 3.78. The first-order chi connectivity index (χ1) is 5.20. The van der Waals surface area contributed by atoms with Crippen LogP contribution in [0.25, 0.3) is 0 Å². The number of carbonyl (C=O) groups excluding carboxylic acids is 1. The van der Waals surface area contributed by atoms with Crippen LogP contribution in [-0.2, 0) is 4.79 Å². The van der Waals surface area contributed by atoms with Crippen molar-refractivity contribution in [2.45, 2.75) is 26.2 Å². The lowest BCUT2D eigenvalue weighted by Crippen LogP contribution is -2.18. The average molecular weight is 149 g/mol. The highest BCUT2D eigenvalue weighted by atomic mass is 16.1. The molecule has 0 bridgehead atoms. The first kappa shape index (κ1) is 8.00. The van der Waals surface area contributed by atoms with Gasteiger partial charge in [0.1, 0.15) is 6.29 Å². The van der Waals surface area contributed by atoms with Gasteiger partial charge in [0.05, 0.1) is 6.07 Å². The van der Waals surface area contributed by atoms with Gasteiger partial charge in [-0.15, -0.1) is 0 Å². The lowest BCUT2D eigenvalue weighted by Gasteiger charge is -2.23. The fourth-order valence-electron chi connectivity index (χ4n) is 1.38. The maximum Gasteiger partial charge on any atom is 0.129 e. The third-order valence-corrected chi connectivity index (χ3v) is 2.08. The largest absolute Gasteiger partial charge is 0.302 e. The van der Waals surface area contributed by atoms with Crippen LogP contribution in [0.1, 0.15) is 26.2 Å². The lowest BCUT2D eigenvalue weighted by atomic mass is 9.79. The summed E-state index contributed by atoms with van der Waals surface area (Å²) in [5.41, 5.74) is 0.384. The second kappa shape index (κ2) is 2.87. The van der Waals surface area contributed by atoms with Crippen molar-refractivity contribution in [1.29, 1.82) is 5.26 Å². The molecule has 0 N–H and O–H groups in total. The van der Waals surface area contributed by atoms with Crippen LogP contribution in [0.4, 0.5) is 0 Å². The van der Waals surface area contributed by atoms with Gasteiger partial charge >= 0.3 is 0 Å². The summed E-state index contributed by atoms with van der Waals surface area (Å²) >= 11 is 0. The highest BCUT2D eigenvalue weighted by Crippen LogP contribution is 2.31. The maximum absolute atomic E-state index is 10.6. The van der Waals surface area contributed by atoms with E-state index in [0.717, 1.165) is 31.1 Å². The van der Waals surface area contributed by atoms with Crippen molar-refractivity contribution in [1.82, 2.24) is 0 Å². The van der Waals surface area contributed by atoms with E-state index in [1.165, 1.54) is 0 Å². The Bertz CT molecular complexity index is 236. The molecule has 0 aliphatic heterocycles. The lowest BCUT2D eigenvalue weighted by molar-refractivity contribution is -0.113. The molecule has 0 aromatic heterocycles. The van der Waals surface area contributed by atoms with Gasteiger partial charge in [0, 0.05) is 11.0 Å². The third-order valence-electron chi connectivity index (χ3n) is 2.08. The zero-order valence-corrected chi connectivity index (χ0v) is 6.63.